The van der Waals surface area contributed by atoms with Crippen LogP contribution in [-0.4, -0.2) is 30.2 Å². The van der Waals surface area contributed by atoms with E-state index < -0.39 is 0 Å². The predicted molar refractivity (Wildman–Crippen MR) is 59.0 cm³/mol. The van der Waals surface area contributed by atoms with Crippen LogP contribution in [0.1, 0.15) is 22.5 Å². The van der Waals surface area contributed by atoms with Gasteiger partial charge in [-0.3, -0.25) is 4.79 Å². The van der Waals surface area contributed by atoms with E-state index in [1.165, 1.54) is 11.3 Å². The van der Waals surface area contributed by atoms with E-state index in [0.29, 0.717) is 13.1 Å². The molecule has 1 fully saturated rings. The van der Waals surface area contributed by atoms with Crippen LogP contribution in [0.25, 0.3) is 0 Å². The molecule has 0 saturated carbocycles. The number of likely N-dealkylation sites (tertiary alicyclic amines) is 1. The van der Waals surface area contributed by atoms with Crippen LogP contribution >= 0.6 is 11.3 Å². The summed E-state index contributed by atoms with van der Waals surface area (Å²) < 4.78 is 0. The number of carbonyl (C=O) groups is 2. The van der Waals surface area contributed by atoms with Gasteiger partial charge in [0.25, 0.3) is 5.91 Å². The third kappa shape index (κ3) is 2.26. The van der Waals surface area contributed by atoms with Crippen molar-refractivity contribution in [2.45, 2.75) is 12.8 Å². The van der Waals surface area contributed by atoms with Crippen LogP contribution in [0.4, 0.5) is 0 Å². The molecule has 2 heterocycles. The van der Waals surface area contributed by atoms with Gasteiger partial charge in [0.2, 0.25) is 0 Å². The first-order chi connectivity index (χ1) is 7.31. The molecule has 0 aliphatic carbocycles. The molecule has 0 spiro atoms. The Kier molecular flexibility index (Phi) is 3.16. The number of hydrogen-bond acceptors (Lipinski definition) is 3. The van der Waals surface area contributed by atoms with Gasteiger partial charge in [-0.2, -0.15) is 0 Å². The predicted octanol–water partition coefficient (Wildman–Crippen LogP) is 1.80. The second-order valence-corrected chi connectivity index (χ2v) is 4.69. The van der Waals surface area contributed by atoms with Gasteiger partial charge in [0.15, 0.2) is 0 Å². The molecule has 2 rings (SSSR count). The number of thiophene rings is 1. The van der Waals surface area contributed by atoms with Crippen molar-refractivity contribution in [1.29, 1.82) is 0 Å². The van der Waals surface area contributed by atoms with Crippen molar-refractivity contribution < 1.29 is 9.59 Å². The SMILES string of the molecule is O=CC1CCN(C(=O)c2cccs2)CC1. The maximum absolute atomic E-state index is 11.9. The third-order valence-electron chi connectivity index (χ3n) is 2.75. The van der Waals surface area contributed by atoms with Gasteiger partial charge >= 0.3 is 0 Å². The summed E-state index contributed by atoms with van der Waals surface area (Å²) in [5.74, 6) is 0.256. The Bertz CT molecular complexity index is 339. The summed E-state index contributed by atoms with van der Waals surface area (Å²) in [7, 11) is 0. The van der Waals surface area contributed by atoms with Crippen molar-refractivity contribution in [2.75, 3.05) is 13.1 Å². The first kappa shape index (κ1) is 10.4. The number of rotatable bonds is 2. The van der Waals surface area contributed by atoms with Crippen LogP contribution in [0.5, 0.6) is 0 Å². The van der Waals surface area contributed by atoms with Gasteiger partial charge in [-0.25, -0.2) is 0 Å². The topological polar surface area (TPSA) is 37.4 Å². The van der Waals surface area contributed by atoms with E-state index in [-0.39, 0.29) is 11.8 Å². The highest BCUT2D eigenvalue weighted by Crippen LogP contribution is 2.19. The largest absolute Gasteiger partial charge is 0.338 e. The van der Waals surface area contributed by atoms with E-state index >= 15 is 0 Å². The first-order valence-corrected chi connectivity index (χ1v) is 5.97. The highest BCUT2D eigenvalue weighted by Gasteiger charge is 2.23. The molecule has 1 amide bonds. The normalized spacial score (nSPS) is 17.7. The van der Waals surface area contributed by atoms with Gasteiger partial charge in [-0.15, -0.1) is 11.3 Å². The molecule has 3 nitrogen and oxygen atoms in total. The van der Waals surface area contributed by atoms with Crippen molar-refractivity contribution in [1.82, 2.24) is 4.90 Å². The van der Waals surface area contributed by atoms with Crippen LogP contribution < -0.4 is 0 Å². The van der Waals surface area contributed by atoms with E-state index in [4.69, 9.17) is 0 Å². The zero-order valence-corrected chi connectivity index (χ0v) is 9.20. The highest BCUT2D eigenvalue weighted by atomic mass is 32.1. The average Bonchev–Trinajstić information content (AvgIpc) is 2.82. The summed E-state index contributed by atoms with van der Waals surface area (Å²) in [5, 5.41) is 1.91. The van der Waals surface area contributed by atoms with Gasteiger partial charge in [-0.1, -0.05) is 6.07 Å². The molecule has 0 atom stereocenters. The molecule has 1 aliphatic rings. The summed E-state index contributed by atoms with van der Waals surface area (Å²) in [6.07, 6.45) is 2.62. The molecule has 0 unspecified atom stereocenters. The maximum Gasteiger partial charge on any atom is 0.263 e. The highest BCUT2D eigenvalue weighted by molar-refractivity contribution is 7.12. The summed E-state index contributed by atoms with van der Waals surface area (Å²) >= 11 is 1.47. The van der Waals surface area contributed by atoms with E-state index in [1.54, 1.807) is 0 Å². The second-order valence-electron chi connectivity index (χ2n) is 3.74. The Labute approximate surface area is 92.7 Å². The van der Waals surface area contributed by atoms with E-state index in [2.05, 4.69) is 0 Å². The molecule has 15 heavy (non-hydrogen) atoms. The van der Waals surface area contributed by atoms with E-state index in [9.17, 15) is 9.59 Å². The lowest BCUT2D eigenvalue weighted by molar-refractivity contribution is -0.112. The lowest BCUT2D eigenvalue weighted by Gasteiger charge is -2.29. The van der Waals surface area contributed by atoms with Crippen LogP contribution in [0.15, 0.2) is 17.5 Å². The lowest BCUT2D eigenvalue weighted by atomic mass is 9.98. The van der Waals surface area contributed by atoms with Gasteiger partial charge < -0.3 is 9.69 Å². The fourth-order valence-corrected chi connectivity index (χ4v) is 2.49. The Morgan fingerprint density at radius 1 is 1.47 bits per heavy atom. The van der Waals surface area contributed by atoms with Crippen molar-refractivity contribution in [2.24, 2.45) is 5.92 Å². The summed E-state index contributed by atoms with van der Waals surface area (Å²) in [4.78, 5) is 25.1. The molecule has 1 aromatic rings. The van der Waals surface area contributed by atoms with E-state index in [0.717, 1.165) is 24.0 Å². The molecule has 80 valence electrons. The number of carbonyl (C=O) groups excluding carboxylic acids is 2. The van der Waals surface area contributed by atoms with Crippen LogP contribution in [-0.2, 0) is 4.79 Å². The standard InChI is InChI=1S/C11H13NO2S/c13-8-9-3-5-12(6-4-9)11(14)10-2-1-7-15-10/h1-2,7-9H,3-6H2. The molecule has 0 N–H and O–H groups in total. The smallest absolute Gasteiger partial charge is 0.263 e. The molecule has 0 aromatic carbocycles. The fourth-order valence-electron chi connectivity index (χ4n) is 1.79. The number of aldehydes is 1. The summed E-state index contributed by atoms with van der Waals surface area (Å²) in [5.41, 5.74) is 0. The molecule has 4 heteroatoms. The maximum atomic E-state index is 11.9. The molecule has 0 bridgehead atoms. The molecule has 1 aromatic heterocycles. The minimum absolute atomic E-state index is 0.106. The van der Waals surface area contributed by atoms with Gasteiger partial charge in [-0.05, 0) is 24.3 Å². The minimum atomic E-state index is 0.106. The third-order valence-corrected chi connectivity index (χ3v) is 3.61. The Hall–Kier alpha value is -1.16. The van der Waals surface area contributed by atoms with Crippen LogP contribution in [0.3, 0.4) is 0 Å². The molecular formula is C11H13NO2S. The van der Waals surface area contributed by atoms with Crippen molar-refractivity contribution in [3.63, 3.8) is 0 Å². The van der Waals surface area contributed by atoms with Crippen molar-refractivity contribution >= 4 is 23.5 Å². The van der Waals surface area contributed by atoms with Gasteiger partial charge in [0, 0.05) is 19.0 Å². The molecule has 0 radical (unpaired) electrons. The minimum Gasteiger partial charge on any atom is -0.338 e. The van der Waals surface area contributed by atoms with Crippen LogP contribution in [0.2, 0.25) is 0 Å². The van der Waals surface area contributed by atoms with Crippen LogP contribution in [0, 0.1) is 5.92 Å². The van der Waals surface area contributed by atoms with E-state index in [1.807, 2.05) is 22.4 Å². The first-order valence-electron chi connectivity index (χ1n) is 5.09. The van der Waals surface area contributed by atoms with Gasteiger partial charge in [0.05, 0.1) is 4.88 Å². The zero-order valence-electron chi connectivity index (χ0n) is 8.39. The van der Waals surface area contributed by atoms with Crippen molar-refractivity contribution in [3.05, 3.63) is 22.4 Å². The number of piperidine rings is 1. The number of amides is 1. The Morgan fingerprint density at radius 2 is 2.20 bits per heavy atom. The molecular weight excluding hydrogens is 210 g/mol. The number of nitrogens with zero attached hydrogens (tertiary/aromatic N) is 1. The Balaban J connectivity index is 1.96. The van der Waals surface area contributed by atoms with Gasteiger partial charge in [0.1, 0.15) is 6.29 Å². The molecule has 1 aliphatic heterocycles. The number of hydrogen-bond donors (Lipinski definition) is 0. The Morgan fingerprint density at radius 3 is 2.73 bits per heavy atom. The zero-order chi connectivity index (χ0) is 10.7. The molecule has 1 saturated heterocycles. The van der Waals surface area contributed by atoms with Crippen molar-refractivity contribution in [3.8, 4) is 0 Å². The summed E-state index contributed by atoms with van der Waals surface area (Å²) in [6, 6.07) is 3.73. The second kappa shape index (κ2) is 4.57. The monoisotopic (exact) mass is 223 g/mol. The average molecular weight is 223 g/mol. The summed E-state index contributed by atoms with van der Waals surface area (Å²) in [6.45, 7) is 1.42. The fraction of sp³-hybridized carbons (Fsp3) is 0.455. The quantitative estimate of drug-likeness (QED) is 0.717. The lowest BCUT2D eigenvalue weighted by Crippen LogP contribution is -2.38.